The molecule has 2 nitrogen and oxygen atoms in total. The second-order valence-electron chi connectivity index (χ2n) is 20.4. The zero-order valence-electron chi connectivity index (χ0n) is 36.8. The minimum Gasteiger partial charge on any atom is -0.309 e. The minimum absolute atomic E-state index is 0.0239. The number of aryl methyl sites for hydroxylation is 5. The van der Waals surface area contributed by atoms with Gasteiger partial charge in [0.2, 0.25) is 0 Å². The van der Waals surface area contributed by atoms with Crippen LogP contribution in [0.3, 0.4) is 0 Å². The van der Waals surface area contributed by atoms with Crippen molar-refractivity contribution >= 4 is 67.1 Å². The first-order valence-corrected chi connectivity index (χ1v) is 23.7. The summed E-state index contributed by atoms with van der Waals surface area (Å²) in [5.74, 6) is 0. The first kappa shape index (κ1) is 40.4. The summed E-state index contributed by atoms with van der Waals surface area (Å²) in [6, 6.07) is 33.5. The van der Waals surface area contributed by atoms with Crippen molar-refractivity contribution in [3.8, 4) is 0 Å². The molecule has 59 heavy (non-hydrogen) atoms. The second-order valence-corrected chi connectivity index (χ2v) is 21.7. The van der Waals surface area contributed by atoms with Gasteiger partial charge in [-0.3, -0.25) is 0 Å². The highest BCUT2D eigenvalue weighted by atomic mass is 35.5. The number of anilines is 6. The van der Waals surface area contributed by atoms with Gasteiger partial charge in [0.05, 0.1) is 22.1 Å². The van der Waals surface area contributed by atoms with Crippen molar-refractivity contribution in [3.63, 3.8) is 0 Å². The molecule has 0 unspecified atom stereocenters. The summed E-state index contributed by atoms with van der Waals surface area (Å²) in [5.41, 5.74) is 18.4. The van der Waals surface area contributed by atoms with E-state index in [1.165, 1.54) is 136 Å². The second kappa shape index (κ2) is 15.4. The fourth-order valence-corrected chi connectivity index (χ4v) is 11.5. The molecular weight excluding hydrogens is 756 g/mol. The molecule has 0 saturated heterocycles. The van der Waals surface area contributed by atoms with Crippen molar-refractivity contribution in [1.82, 2.24) is 0 Å². The fourth-order valence-electron chi connectivity index (χ4n) is 10.3. The van der Waals surface area contributed by atoms with Gasteiger partial charge < -0.3 is 9.80 Å². The molecule has 1 aromatic heterocycles. The van der Waals surface area contributed by atoms with E-state index < -0.39 is 0 Å². The average molecular weight is 820 g/mol. The largest absolute Gasteiger partial charge is 0.309 e. The van der Waals surface area contributed by atoms with Gasteiger partial charge in [-0.25, -0.2) is 0 Å². The van der Waals surface area contributed by atoms with Gasteiger partial charge in [-0.2, -0.15) is 0 Å². The zero-order valence-corrected chi connectivity index (χ0v) is 38.4. The Morgan fingerprint density at radius 1 is 0.542 bits per heavy atom. The third-order valence-electron chi connectivity index (χ3n) is 14.1. The standard InChI is InChI=1S/C55H63ClN2S/c1-36-29-48(57(42-22-19-37-15-11-9-13-17-39(37)31-42)43-23-20-38-16-12-10-14-18-40(38)32-43)52(56)49(30-36)58(50-35-59-51-26-21-41(33-45(50)51)53(2,3)4)44-24-25-46-47(34-44)55(7,8)28-27-54(46,5)6/h19-26,29-35H,9-18,27-28H2,1-8H3. The van der Waals surface area contributed by atoms with Crippen molar-refractivity contribution in [2.45, 2.75) is 149 Å². The Balaban J connectivity index is 1.29. The van der Waals surface area contributed by atoms with Crippen LogP contribution in [0.1, 0.15) is 144 Å². The molecule has 0 N–H and O–H groups in total. The average Bonchev–Trinajstić information content (AvgIpc) is 3.32. The van der Waals surface area contributed by atoms with Crippen LogP contribution in [0.15, 0.2) is 90.3 Å². The van der Waals surface area contributed by atoms with Crippen LogP contribution in [0, 0.1) is 6.92 Å². The fraction of sp³-hybridized carbons (Fsp3) is 0.418. The number of thiophene rings is 1. The van der Waals surface area contributed by atoms with E-state index in [4.69, 9.17) is 11.6 Å². The maximum Gasteiger partial charge on any atom is 0.0887 e. The number of benzene rings is 5. The van der Waals surface area contributed by atoms with Crippen LogP contribution in [0.2, 0.25) is 5.02 Å². The highest BCUT2D eigenvalue weighted by Crippen LogP contribution is 2.53. The Labute approximate surface area is 363 Å². The summed E-state index contributed by atoms with van der Waals surface area (Å²) >= 11 is 9.92. The van der Waals surface area contributed by atoms with Crippen LogP contribution in [-0.4, -0.2) is 0 Å². The maximum atomic E-state index is 8.10. The first-order chi connectivity index (χ1) is 28.2. The highest BCUT2D eigenvalue weighted by Gasteiger charge is 2.38. The first-order valence-electron chi connectivity index (χ1n) is 22.5. The van der Waals surface area contributed by atoms with Gasteiger partial charge in [-0.1, -0.05) is 97.2 Å². The third-order valence-corrected chi connectivity index (χ3v) is 15.4. The summed E-state index contributed by atoms with van der Waals surface area (Å²) in [6.45, 7) is 18.9. The van der Waals surface area contributed by atoms with Gasteiger partial charge in [0, 0.05) is 32.5 Å². The Morgan fingerprint density at radius 3 is 1.66 bits per heavy atom. The van der Waals surface area contributed by atoms with Crippen molar-refractivity contribution in [2.75, 3.05) is 9.80 Å². The Morgan fingerprint density at radius 2 is 1.07 bits per heavy atom. The Kier molecular flexibility index (Phi) is 10.6. The Hall–Kier alpha value is -4.05. The molecule has 3 aliphatic rings. The lowest BCUT2D eigenvalue weighted by Gasteiger charge is -2.42. The number of rotatable bonds is 6. The number of nitrogens with zero attached hydrogens (tertiary/aromatic N) is 2. The van der Waals surface area contributed by atoms with Gasteiger partial charge in [0.25, 0.3) is 0 Å². The molecule has 0 saturated carbocycles. The summed E-state index contributed by atoms with van der Waals surface area (Å²) in [7, 11) is 0. The molecular formula is C55H63ClN2S. The van der Waals surface area contributed by atoms with Gasteiger partial charge in [-0.05, 0) is 193 Å². The van der Waals surface area contributed by atoms with Crippen molar-refractivity contribution in [3.05, 3.63) is 140 Å². The van der Waals surface area contributed by atoms with Crippen molar-refractivity contribution in [2.24, 2.45) is 0 Å². The molecule has 0 amide bonds. The van der Waals surface area contributed by atoms with E-state index in [-0.39, 0.29) is 16.2 Å². The summed E-state index contributed by atoms with van der Waals surface area (Å²) in [5, 5.41) is 4.40. The SMILES string of the molecule is Cc1cc(N(c2ccc3c(c2)CCCCC3)c2ccc3c(c2)CCCCC3)c(Cl)c(N(c2ccc3c(c2)C(C)(C)CCC3(C)C)c2csc3ccc(C(C)(C)C)cc23)c1. The van der Waals surface area contributed by atoms with Gasteiger partial charge >= 0.3 is 0 Å². The van der Waals surface area contributed by atoms with Crippen molar-refractivity contribution < 1.29 is 0 Å². The number of hydrogen-bond donors (Lipinski definition) is 0. The lowest BCUT2D eigenvalue weighted by molar-refractivity contribution is 0.332. The van der Waals surface area contributed by atoms with E-state index in [2.05, 4.69) is 155 Å². The molecule has 306 valence electrons. The lowest BCUT2D eigenvalue weighted by Crippen LogP contribution is -2.34. The molecule has 6 aromatic rings. The molecule has 0 bridgehead atoms. The molecule has 0 spiro atoms. The monoisotopic (exact) mass is 818 g/mol. The lowest BCUT2D eigenvalue weighted by atomic mass is 9.63. The maximum absolute atomic E-state index is 8.10. The topological polar surface area (TPSA) is 6.48 Å². The van der Waals surface area contributed by atoms with Crippen molar-refractivity contribution in [1.29, 1.82) is 0 Å². The molecule has 4 heteroatoms. The van der Waals surface area contributed by atoms with E-state index in [0.717, 1.165) is 34.9 Å². The predicted molar refractivity (Wildman–Crippen MR) is 257 cm³/mol. The zero-order chi connectivity index (χ0) is 41.3. The summed E-state index contributed by atoms with van der Waals surface area (Å²) in [4.78, 5) is 4.98. The van der Waals surface area contributed by atoms with Crippen LogP contribution in [0.5, 0.6) is 0 Å². The van der Waals surface area contributed by atoms with E-state index in [9.17, 15) is 0 Å². The van der Waals surface area contributed by atoms with E-state index in [1.54, 1.807) is 0 Å². The van der Waals surface area contributed by atoms with Crippen LogP contribution >= 0.6 is 22.9 Å². The molecule has 0 fully saturated rings. The third kappa shape index (κ3) is 7.65. The number of halogens is 1. The van der Waals surface area contributed by atoms with Gasteiger partial charge in [-0.15, -0.1) is 11.3 Å². The van der Waals surface area contributed by atoms with Crippen LogP contribution in [0.25, 0.3) is 10.1 Å². The van der Waals surface area contributed by atoms with E-state index >= 15 is 0 Å². The summed E-state index contributed by atoms with van der Waals surface area (Å²) < 4.78 is 1.29. The quantitative estimate of drug-likeness (QED) is 0.155. The molecule has 0 radical (unpaired) electrons. The minimum atomic E-state index is 0.0239. The van der Waals surface area contributed by atoms with Crippen LogP contribution < -0.4 is 9.80 Å². The number of hydrogen-bond acceptors (Lipinski definition) is 3. The van der Waals surface area contributed by atoms with E-state index in [1.807, 2.05) is 11.3 Å². The molecule has 0 aliphatic heterocycles. The number of fused-ring (bicyclic) bond motifs is 4. The normalized spacial score (nSPS) is 17.4. The smallest absolute Gasteiger partial charge is 0.0887 e. The molecule has 9 rings (SSSR count). The molecule has 0 atom stereocenters. The Bertz CT molecular complexity index is 2490. The van der Waals surface area contributed by atoms with Crippen LogP contribution in [-0.2, 0) is 41.9 Å². The van der Waals surface area contributed by atoms with Gasteiger partial charge in [0.1, 0.15) is 0 Å². The molecule has 3 aliphatic carbocycles. The highest BCUT2D eigenvalue weighted by molar-refractivity contribution is 7.17. The summed E-state index contributed by atoms with van der Waals surface area (Å²) in [6.07, 6.45) is 14.6. The van der Waals surface area contributed by atoms with E-state index in [0.29, 0.717) is 0 Å². The molecule has 5 aromatic carbocycles. The van der Waals surface area contributed by atoms with Gasteiger partial charge in [0.15, 0.2) is 0 Å². The van der Waals surface area contributed by atoms with Crippen LogP contribution in [0.4, 0.5) is 34.1 Å². The predicted octanol–water partition coefficient (Wildman–Crippen LogP) is 17.0. The molecule has 1 heterocycles.